The van der Waals surface area contributed by atoms with Gasteiger partial charge in [-0.15, -0.1) is 0 Å². The summed E-state index contributed by atoms with van der Waals surface area (Å²) in [6.07, 6.45) is 0.135. The SMILES string of the molecule is CCCOC(=O)c1ccc(NC(=O)C(C)Oc2ccc(C)cc2)cc1. The molecule has 1 amide bonds. The number of carbonyl (C=O) groups is 2. The average molecular weight is 341 g/mol. The second-order valence-electron chi connectivity index (χ2n) is 5.78. The van der Waals surface area contributed by atoms with Gasteiger partial charge in [0.25, 0.3) is 5.91 Å². The number of carbonyl (C=O) groups excluding carboxylic acids is 2. The molecule has 1 N–H and O–H groups in total. The van der Waals surface area contributed by atoms with E-state index in [-0.39, 0.29) is 11.9 Å². The van der Waals surface area contributed by atoms with E-state index in [2.05, 4.69) is 5.32 Å². The summed E-state index contributed by atoms with van der Waals surface area (Å²) < 4.78 is 10.7. The molecule has 2 rings (SSSR count). The third kappa shape index (κ3) is 5.64. The molecule has 0 saturated heterocycles. The maximum Gasteiger partial charge on any atom is 0.338 e. The summed E-state index contributed by atoms with van der Waals surface area (Å²) in [5, 5.41) is 2.77. The topological polar surface area (TPSA) is 64.6 Å². The summed E-state index contributed by atoms with van der Waals surface area (Å²) in [7, 11) is 0. The molecule has 2 aromatic carbocycles. The van der Waals surface area contributed by atoms with Gasteiger partial charge >= 0.3 is 5.97 Å². The Morgan fingerprint density at radius 2 is 1.68 bits per heavy atom. The first-order chi connectivity index (χ1) is 12.0. The average Bonchev–Trinajstić information content (AvgIpc) is 2.62. The molecular formula is C20H23NO4. The molecule has 0 aliphatic carbocycles. The fourth-order valence-electron chi connectivity index (χ4n) is 2.09. The molecule has 0 radical (unpaired) electrons. The number of hydrogen-bond donors (Lipinski definition) is 1. The van der Waals surface area contributed by atoms with Crippen LogP contribution in [0.3, 0.4) is 0 Å². The minimum Gasteiger partial charge on any atom is -0.481 e. The minimum atomic E-state index is -0.642. The van der Waals surface area contributed by atoms with Crippen LogP contribution in [0, 0.1) is 6.92 Å². The van der Waals surface area contributed by atoms with Crippen LogP contribution in [-0.2, 0) is 9.53 Å². The second-order valence-corrected chi connectivity index (χ2v) is 5.78. The lowest BCUT2D eigenvalue weighted by molar-refractivity contribution is -0.122. The Morgan fingerprint density at radius 1 is 1.04 bits per heavy atom. The zero-order chi connectivity index (χ0) is 18.2. The van der Waals surface area contributed by atoms with Crippen molar-refractivity contribution in [2.24, 2.45) is 0 Å². The summed E-state index contributed by atoms with van der Waals surface area (Å²) in [6.45, 7) is 6.00. The Bertz CT molecular complexity index is 707. The Balaban J connectivity index is 1.91. The van der Waals surface area contributed by atoms with E-state index in [0.717, 1.165) is 12.0 Å². The molecule has 0 spiro atoms. The van der Waals surface area contributed by atoms with Crippen molar-refractivity contribution in [3.05, 3.63) is 59.7 Å². The van der Waals surface area contributed by atoms with Gasteiger partial charge in [-0.05, 0) is 56.7 Å². The van der Waals surface area contributed by atoms with Crippen molar-refractivity contribution < 1.29 is 19.1 Å². The normalized spacial score (nSPS) is 11.5. The first-order valence-corrected chi connectivity index (χ1v) is 8.31. The predicted molar refractivity (Wildman–Crippen MR) is 96.9 cm³/mol. The number of anilines is 1. The van der Waals surface area contributed by atoms with Crippen molar-refractivity contribution in [3.8, 4) is 5.75 Å². The van der Waals surface area contributed by atoms with Crippen LogP contribution in [0.25, 0.3) is 0 Å². The van der Waals surface area contributed by atoms with Gasteiger partial charge in [0.2, 0.25) is 0 Å². The second kappa shape index (κ2) is 8.87. The molecule has 5 nitrogen and oxygen atoms in total. The molecular weight excluding hydrogens is 318 g/mol. The molecule has 0 fully saturated rings. The zero-order valence-corrected chi connectivity index (χ0v) is 14.7. The van der Waals surface area contributed by atoms with Crippen molar-refractivity contribution in [2.45, 2.75) is 33.3 Å². The number of nitrogens with one attached hydrogen (secondary N) is 1. The molecule has 25 heavy (non-hydrogen) atoms. The van der Waals surface area contributed by atoms with Gasteiger partial charge < -0.3 is 14.8 Å². The smallest absolute Gasteiger partial charge is 0.338 e. The fourth-order valence-corrected chi connectivity index (χ4v) is 2.09. The molecule has 0 aromatic heterocycles. The molecule has 1 unspecified atom stereocenters. The van der Waals surface area contributed by atoms with Crippen LogP contribution in [0.2, 0.25) is 0 Å². The number of amides is 1. The monoisotopic (exact) mass is 341 g/mol. The summed E-state index contributed by atoms with van der Waals surface area (Å²) >= 11 is 0. The molecule has 0 heterocycles. The lowest BCUT2D eigenvalue weighted by atomic mass is 10.2. The van der Waals surface area contributed by atoms with Crippen LogP contribution in [0.5, 0.6) is 5.75 Å². The number of esters is 1. The third-order valence-corrected chi connectivity index (χ3v) is 3.53. The van der Waals surface area contributed by atoms with Crippen molar-refractivity contribution in [2.75, 3.05) is 11.9 Å². The predicted octanol–water partition coefficient (Wildman–Crippen LogP) is 3.97. The van der Waals surface area contributed by atoms with E-state index in [1.165, 1.54) is 0 Å². The van der Waals surface area contributed by atoms with E-state index < -0.39 is 6.10 Å². The lowest BCUT2D eigenvalue weighted by Crippen LogP contribution is -2.30. The Hall–Kier alpha value is -2.82. The van der Waals surface area contributed by atoms with Crippen LogP contribution in [0.1, 0.15) is 36.2 Å². The highest BCUT2D eigenvalue weighted by molar-refractivity contribution is 5.95. The molecule has 1 atom stereocenters. The fraction of sp³-hybridized carbons (Fsp3) is 0.300. The highest BCUT2D eigenvalue weighted by Gasteiger charge is 2.15. The van der Waals surface area contributed by atoms with Crippen molar-refractivity contribution in [1.29, 1.82) is 0 Å². The van der Waals surface area contributed by atoms with Gasteiger partial charge in [0, 0.05) is 5.69 Å². The number of ether oxygens (including phenoxy) is 2. The van der Waals surface area contributed by atoms with Crippen molar-refractivity contribution in [1.82, 2.24) is 0 Å². The summed E-state index contributed by atoms with van der Waals surface area (Å²) in [5.74, 6) is 0.0138. The van der Waals surface area contributed by atoms with Gasteiger partial charge in [0.15, 0.2) is 6.10 Å². The van der Waals surface area contributed by atoms with Gasteiger partial charge in [-0.3, -0.25) is 4.79 Å². The van der Waals surface area contributed by atoms with E-state index in [9.17, 15) is 9.59 Å². The summed E-state index contributed by atoms with van der Waals surface area (Å²) in [4.78, 5) is 24.0. The van der Waals surface area contributed by atoms with Crippen LogP contribution in [0.4, 0.5) is 5.69 Å². The standard InChI is InChI=1S/C20H23NO4/c1-4-13-24-20(23)16-7-9-17(10-8-16)21-19(22)15(3)25-18-11-5-14(2)6-12-18/h5-12,15H,4,13H2,1-3H3,(H,21,22). The largest absolute Gasteiger partial charge is 0.481 e. The molecule has 0 saturated carbocycles. The molecule has 132 valence electrons. The van der Waals surface area contributed by atoms with Gasteiger partial charge in [-0.2, -0.15) is 0 Å². The summed E-state index contributed by atoms with van der Waals surface area (Å²) in [6, 6.07) is 14.1. The third-order valence-electron chi connectivity index (χ3n) is 3.53. The number of benzene rings is 2. The van der Waals surface area contributed by atoms with E-state index in [1.807, 2.05) is 38.1 Å². The van der Waals surface area contributed by atoms with E-state index >= 15 is 0 Å². The quantitative estimate of drug-likeness (QED) is 0.774. The van der Waals surface area contributed by atoms with Crippen LogP contribution >= 0.6 is 0 Å². The van der Waals surface area contributed by atoms with Crippen molar-refractivity contribution in [3.63, 3.8) is 0 Å². The lowest BCUT2D eigenvalue weighted by Gasteiger charge is -2.15. The zero-order valence-electron chi connectivity index (χ0n) is 14.7. The molecule has 0 aliphatic heterocycles. The number of aryl methyl sites for hydroxylation is 1. The highest BCUT2D eigenvalue weighted by atomic mass is 16.5. The van der Waals surface area contributed by atoms with E-state index in [4.69, 9.17) is 9.47 Å². The molecule has 5 heteroatoms. The van der Waals surface area contributed by atoms with Crippen molar-refractivity contribution >= 4 is 17.6 Å². The molecule has 2 aromatic rings. The van der Waals surface area contributed by atoms with E-state index in [0.29, 0.717) is 23.6 Å². The maximum atomic E-state index is 12.2. The molecule has 0 aliphatic rings. The maximum absolute atomic E-state index is 12.2. The Morgan fingerprint density at radius 3 is 2.28 bits per heavy atom. The van der Waals surface area contributed by atoms with Gasteiger partial charge in [-0.1, -0.05) is 24.6 Å². The van der Waals surface area contributed by atoms with E-state index in [1.54, 1.807) is 31.2 Å². The van der Waals surface area contributed by atoms with Crippen LogP contribution in [-0.4, -0.2) is 24.6 Å². The number of hydrogen-bond acceptors (Lipinski definition) is 4. The van der Waals surface area contributed by atoms with Crippen LogP contribution in [0.15, 0.2) is 48.5 Å². The van der Waals surface area contributed by atoms with Gasteiger partial charge in [-0.25, -0.2) is 4.79 Å². The first-order valence-electron chi connectivity index (χ1n) is 8.31. The van der Waals surface area contributed by atoms with Gasteiger partial charge in [0.1, 0.15) is 5.75 Å². The minimum absolute atomic E-state index is 0.262. The Labute approximate surface area is 148 Å². The summed E-state index contributed by atoms with van der Waals surface area (Å²) in [5.41, 5.74) is 2.17. The Kier molecular flexibility index (Phi) is 6.57. The molecule has 0 bridgehead atoms. The van der Waals surface area contributed by atoms with Gasteiger partial charge in [0.05, 0.1) is 12.2 Å². The van der Waals surface area contributed by atoms with Crippen LogP contribution < -0.4 is 10.1 Å². The highest BCUT2D eigenvalue weighted by Crippen LogP contribution is 2.15. The first kappa shape index (κ1) is 18.5. The number of rotatable bonds is 7.